The summed E-state index contributed by atoms with van der Waals surface area (Å²) in [5, 5.41) is 0. The Labute approximate surface area is 98.6 Å². The highest BCUT2D eigenvalue weighted by atomic mass is 16.5. The summed E-state index contributed by atoms with van der Waals surface area (Å²) in [7, 11) is 0. The fourth-order valence-electron chi connectivity index (χ4n) is 1.66. The Morgan fingerprint density at radius 1 is 1.38 bits per heavy atom. The zero-order valence-electron chi connectivity index (χ0n) is 10.6. The molecule has 0 aliphatic carbocycles. The van der Waals surface area contributed by atoms with E-state index in [0.717, 1.165) is 26.2 Å². The lowest BCUT2D eigenvalue weighted by molar-refractivity contribution is 0.103. The van der Waals surface area contributed by atoms with Gasteiger partial charge in [-0.1, -0.05) is 13.8 Å². The van der Waals surface area contributed by atoms with Crippen LogP contribution in [-0.4, -0.2) is 23.8 Å². The summed E-state index contributed by atoms with van der Waals surface area (Å²) in [6, 6.07) is 4.41. The van der Waals surface area contributed by atoms with Crippen LogP contribution in [0, 0.1) is 5.92 Å². The first-order chi connectivity index (χ1) is 7.59. The van der Waals surface area contributed by atoms with E-state index in [1.165, 1.54) is 5.69 Å². The van der Waals surface area contributed by atoms with Crippen molar-refractivity contribution in [2.75, 3.05) is 13.2 Å². The molecule has 0 saturated heterocycles. The first-order valence-corrected chi connectivity index (χ1v) is 6.07. The zero-order valence-corrected chi connectivity index (χ0v) is 10.6. The van der Waals surface area contributed by atoms with Gasteiger partial charge in [0, 0.05) is 37.5 Å². The van der Waals surface area contributed by atoms with Crippen LogP contribution in [0.5, 0.6) is 0 Å². The second-order valence-electron chi connectivity index (χ2n) is 4.84. The molecule has 1 heterocycles. The molecule has 3 heteroatoms. The van der Waals surface area contributed by atoms with Crippen LogP contribution in [0.3, 0.4) is 0 Å². The summed E-state index contributed by atoms with van der Waals surface area (Å²) in [5.74, 6) is 0.605. The lowest BCUT2D eigenvalue weighted by Gasteiger charge is -2.12. The van der Waals surface area contributed by atoms with Gasteiger partial charge in [-0.25, -0.2) is 0 Å². The van der Waals surface area contributed by atoms with Gasteiger partial charge in [-0.05, 0) is 25.0 Å². The van der Waals surface area contributed by atoms with Crippen molar-refractivity contribution in [1.82, 2.24) is 4.57 Å². The summed E-state index contributed by atoms with van der Waals surface area (Å²) >= 11 is 0. The first-order valence-electron chi connectivity index (χ1n) is 6.07. The molecule has 3 nitrogen and oxygen atoms in total. The van der Waals surface area contributed by atoms with Crippen LogP contribution in [0.25, 0.3) is 0 Å². The molecule has 0 bridgehead atoms. The van der Waals surface area contributed by atoms with Crippen LogP contribution in [0.15, 0.2) is 18.3 Å². The molecule has 92 valence electrons. The summed E-state index contributed by atoms with van der Waals surface area (Å²) in [6.45, 7) is 8.89. The Hall–Kier alpha value is -0.800. The molecule has 2 N–H and O–H groups in total. The molecule has 1 aromatic heterocycles. The number of ether oxygens (including phenoxy) is 1. The fraction of sp³-hybridized carbons (Fsp3) is 0.692. The minimum Gasteiger partial charge on any atom is -0.379 e. The third kappa shape index (κ3) is 4.81. The SMILES string of the molecule is CC(C)COCCn1cccc1CC(C)N. The number of rotatable bonds is 7. The third-order valence-corrected chi connectivity index (χ3v) is 2.38. The summed E-state index contributed by atoms with van der Waals surface area (Å²) in [6.07, 6.45) is 3.02. The maximum absolute atomic E-state index is 5.80. The van der Waals surface area contributed by atoms with E-state index in [9.17, 15) is 0 Å². The van der Waals surface area contributed by atoms with E-state index in [-0.39, 0.29) is 6.04 Å². The molecule has 0 saturated carbocycles. The van der Waals surface area contributed by atoms with E-state index >= 15 is 0 Å². The third-order valence-electron chi connectivity index (χ3n) is 2.38. The Morgan fingerprint density at radius 3 is 2.75 bits per heavy atom. The van der Waals surface area contributed by atoms with Crippen LogP contribution in [0.4, 0.5) is 0 Å². The van der Waals surface area contributed by atoms with Crippen LogP contribution >= 0.6 is 0 Å². The Balaban J connectivity index is 2.33. The molecule has 1 rings (SSSR count). The highest BCUT2D eigenvalue weighted by molar-refractivity contribution is 5.08. The minimum absolute atomic E-state index is 0.213. The largest absolute Gasteiger partial charge is 0.379 e. The van der Waals surface area contributed by atoms with Gasteiger partial charge in [0.05, 0.1) is 6.61 Å². The number of nitrogens with two attached hydrogens (primary N) is 1. The predicted molar refractivity (Wildman–Crippen MR) is 67.4 cm³/mol. The quantitative estimate of drug-likeness (QED) is 0.720. The smallest absolute Gasteiger partial charge is 0.0645 e. The predicted octanol–water partition coefficient (Wildman–Crippen LogP) is 2.05. The fourth-order valence-corrected chi connectivity index (χ4v) is 1.66. The van der Waals surface area contributed by atoms with Gasteiger partial charge in [0.2, 0.25) is 0 Å². The van der Waals surface area contributed by atoms with E-state index < -0.39 is 0 Å². The number of hydrogen-bond acceptors (Lipinski definition) is 2. The van der Waals surface area contributed by atoms with Gasteiger partial charge < -0.3 is 15.0 Å². The van der Waals surface area contributed by atoms with Crippen LogP contribution < -0.4 is 5.73 Å². The second kappa shape index (κ2) is 6.71. The topological polar surface area (TPSA) is 40.2 Å². The van der Waals surface area contributed by atoms with Gasteiger partial charge in [0.15, 0.2) is 0 Å². The van der Waals surface area contributed by atoms with Gasteiger partial charge in [0.25, 0.3) is 0 Å². The average Bonchev–Trinajstić information content (AvgIpc) is 2.59. The van der Waals surface area contributed by atoms with Gasteiger partial charge >= 0.3 is 0 Å². The van der Waals surface area contributed by atoms with Crippen molar-refractivity contribution in [3.8, 4) is 0 Å². The molecular formula is C13H24N2O. The molecule has 1 atom stereocenters. The molecular weight excluding hydrogens is 200 g/mol. The molecule has 0 spiro atoms. The van der Waals surface area contributed by atoms with E-state index in [0.29, 0.717) is 5.92 Å². The summed E-state index contributed by atoms with van der Waals surface area (Å²) < 4.78 is 7.80. The lowest BCUT2D eigenvalue weighted by atomic mass is 10.2. The van der Waals surface area contributed by atoms with E-state index in [1.807, 2.05) is 6.92 Å². The zero-order chi connectivity index (χ0) is 12.0. The van der Waals surface area contributed by atoms with Gasteiger partial charge in [-0.15, -0.1) is 0 Å². The van der Waals surface area contributed by atoms with E-state index in [2.05, 4.69) is 36.7 Å². The Morgan fingerprint density at radius 2 is 2.12 bits per heavy atom. The van der Waals surface area contributed by atoms with E-state index in [1.54, 1.807) is 0 Å². The highest BCUT2D eigenvalue weighted by Gasteiger charge is 2.03. The van der Waals surface area contributed by atoms with Crippen molar-refractivity contribution in [3.63, 3.8) is 0 Å². The number of nitrogens with zero attached hydrogens (tertiary/aromatic N) is 1. The normalized spacial score (nSPS) is 13.3. The maximum atomic E-state index is 5.80. The molecule has 1 aromatic rings. The van der Waals surface area contributed by atoms with Crippen molar-refractivity contribution in [3.05, 3.63) is 24.0 Å². The van der Waals surface area contributed by atoms with Crippen molar-refractivity contribution < 1.29 is 4.74 Å². The molecule has 0 radical (unpaired) electrons. The summed E-state index contributed by atoms with van der Waals surface area (Å²) in [5.41, 5.74) is 7.10. The van der Waals surface area contributed by atoms with E-state index in [4.69, 9.17) is 10.5 Å². The van der Waals surface area contributed by atoms with Crippen LogP contribution in [0.1, 0.15) is 26.5 Å². The molecule has 0 aliphatic heterocycles. The van der Waals surface area contributed by atoms with Gasteiger partial charge in [0.1, 0.15) is 0 Å². The number of hydrogen-bond donors (Lipinski definition) is 1. The second-order valence-corrected chi connectivity index (χ2v) is 4.84. The summed E-state index contributed by atoms with van der Waals surface area (Å²) in [4.78, 5) is 0. The van der Waals surface area contributed by atoms with Gasteiger partial charge in [-0.2, -0.15) is 0 Å². The molecule has 0 aromatic carbocycles. The minimum atomic E-state index is 0.213. The Bertz CT molecular complexity index is 292. The Kier molecular flexibility index (Phi) is 5.56. The van der Waals surface area contributed by atoms with Crippen molar-refractivity contribution in [1.29, 1.82) is 0 Å². The molecule has 0 aliphatic rings. The van der Waals surface area contributed by atoms with Crippen LogP contribution in [0.2, 0.25) is 0 Å². The standard InChI is InChI=1S/C13H24N2O/c1-11(2)10-16-8-7-15-6-4-5-13(15)9-12(3)14/h4-6,11-12H,7-10,14H2,1-3H3. The molecule has 1 unspecified atom stereocenters. The van der Waals surface area contributed by atoms with Crippen molar-refractivity contribution in [2.24, 2.45) is 11.7 Å². The highest BCUT2D eigenvalue weighted by Crippen LogP contribution is 2.05. The van der Waals surface area contributed by atoms with Crippen molar-refractivity contribution in [2.45, 2.75) is 39.8 Å². The van der Waals surface area contributed by atoms with Crippen LogP contribution in [-0.2, 0) is 17.7 Å². The molecule has 0 fully saturated rings. The lowest BCUT2D eigenvalue weighted by Crippen LogP contribution is -2.20. The van der Waals surface area contributed by atoms with Gasteiger partial charge in [-0.3, -0.25) is 0 Å². The first kappa shape index (κ1) is 13.3. The molecule has 16 heavy (non-hydrogen) atoms. The monoisotopic (exact) mass is 224 g/mol. The molecule has 0 amide bonds. The van der Waals surface area contributed by atoms with Crippen molar-refractivity contribution >= 4 is 0 Å². The number of aromatic nitrogens is 1. The maximum Gasteiger partial charge on any atom is 0.0645 e. The average molecular weight is 224 g/mol.